The van der Waals surface area contributed by atoms with Gasteiger partial charge in [0.25, 0.3) is 5.56 Å². The Morgan fingerprint density at radius 2 is 1.88 bits per heavy atom. The molecule has 2 aromatic heterocycles. The molecule has 0 amide bonds. The van der Waals surface area contributed by atoms with Gasteiger partial charge in [-0.1, -0.05) is 23.7 Å². The zero-order chi connectivity index (χ0) is 17.4. The molecule has 0 spiro atoms. The highest BCUT2D eigenvalue weighted by Gasteiger charge is 2.16. The predicted octanol–water partition coefficient (Wildman–Crippen LogP) is 2.84. The number of fused-ring (bicyclic) bond motifs is 1. The van der Waals surface area contributed by atoms with Crippen molar-refractivity contribution in [3.63, 3.8) is 0 Å². The average molecular weight is 353 g/mol. The van der Waals surface area contributed by atoms with Crippen LogP contribution in [0, 0.1) is 0 Å². The Bertz CT molecular complexity index is 1100. The fourth-order valence-corrected chi connectivity index (χ4v) is 2.64. The minimum atomic E-state index is -0.370. The maximum Gasteiger partial charge on any atom is 0.258 e. The molecule has 0 bridgehead atoms. The average Bonchev–Trinajstić information content (AvgIpc) is 3.12. The van der Waals surface area contributed by atoms with E-state index in [4.69, 9.17) is 11.6 Å². The molecule has 1 atom stereocenters. The number of halogens is 1. The minimum Gasteiger partial charge on any atom is -0.308 e. The molecule has 0 aliphatic carbocycles. The van der Waals surface area contributed by atoms with E-state index in [-0.39, 0.29) is 11.6 Å². The molecule has 0 unspecified atom stereocenters. The molecule has 2 heterocycles. The van der Waals surface area contributed by atoms with E-state index in [0.717, 1.165) is 5.56 Å². The molecule has 0 saturated heterocycles. The van der Waals surface area contributed by atoms with Gasteiger partial charge < -0.3 is 4.98 Å². The van der Waals surface area contributed by atoms with Crippen molar-refractivity contribution in [2.24, 2.45) is 0 Å². The maximum atomic E-state index is 12.2. The van der Waals surface area contributed by atoms with Crippen LogP contribution in [-0.4, -0.2) is 30.2 Å². The first-order valence-corrected chi connectivity index (χ1v) is 8.04. The summed E-state index contributed by atoms with van der Waals surface area (Å²) in [5.41, 5.74) is 1.25. The number of H-pyrrole nitrogens is 1. The molecule has 0 aliphatic rings. The van der Waals surface area contributed by atoms with Crippen molar-refractivity contribution in [3.05, 3.63) is 69.7 Å². The van der Waals surface area contributed by atoms with Gasteiger partial charge in [-0.15, -0.1) is 10.2 Å². The quantitative estimate of drug-likeness (QED) is 0.612. The van der Waals surface area contributed by atoms with Crippen molar-refractivity contribution in [1.29, 1.82) is 0 Å². The zero-order valence-electron chi connectivity index (χ0n) is 13.2. The molecule has 0 radical (unpaired) electrons. The summed E-state index contributed by atoms with van der Waals surface area (Å²) in [4.78, 5) is 20.9. The lowest BCUT2D eigenvalue weighted by Crippen LogP contribution is -2.19. The van der Waals surface area contributed by atoms with Crippen LogP contribution < -0.4 is 5.56 Å². The summed E-state index contributed by atoms with van der Waals surface area (Å²) in [6, 6.07) is 14.0. The Morgan fingerprint density at radius 3 is 2.68 bits per heavy atom. The molecule has 8 heteroatoms. The Kier molecular flexibility index (Phi) is 3.77. The molecule has 4 rings (SSSR count). The normalized spacial score (nSPS) is 12.4. The number of aromatic amines is 1. The van der Waals surface area contributed by atoms with Crippen LogP contribution >= 0.6 is 11.6 Å². The van der Waals surface area contributed by atoms with Crippen LogP contribution in [0.25, 0.3) is 22.3 Å². The summed E-state index contributed by atoms with van der Waals surface area (Å²) in [6.45, 7) is 1.85. The van der Waals surface area contributed by atoms with Crippen molar-refractivity contribution in [2.45, 2.75) is 13.0 Å². The molecule has 0 saturated carbocycles. The van der Waals surface area contributed by atoms with Crippen molar-refractivity contribution < 1.29 is 0 Å². The number of hydrogen-bond donors (Lipinski definition) is 1. The third kappa shape index (κ3) is 2.89. The summed E-state index contributed by atoms with van der Waals surface area (Å²) in [5, 5.41) is 13.7. The molecule has 0 aliphatic heterocycles. The van der Waals surface area contributed by atoms with E-state index in [0.29, 0.717) is 27.6 Å². The number of hydrogen-bond acceptors (Lipinski definition) is 5. The summed E-state index contributed by atoms with van der Waals surface area (Å²) < 4.78 is 0. The van der Waals surface area contributed by atoms with Crippen LogP contribution in [0.1, 0.15) is 18.8 Å². The zero-order valence-corrected chi connectivity index (χ0v) is 14.0. The van der Waals surface area contributed by atoms with E-state index >= 15 is 0 Å². The van der Waals surface area contributed by atoms with E-state index in [1.807, 2.05) is 25.1 Å². The van der Waals surface area contributed by atoms with Crippen molar-refractivity contribution in [1.82, 2.24) is 30.2 Å². The largest absolute Gasteiger partial charge is 0.308 e. The van der Waals surface area contributed by atoms with E-state index in [9.17, 15) is 4.79 Å². The van der Waals surface area contributed by atoms with Gasteiger partial charge >= 0.3 is 0 Å². The Morgan fingerprint density at radius 1 is 1.12 bits per heavy atom. The van der Waals surface area contributed by atoms with Crippen LogP contribution in [0.5, 0.6) is 0 Å². The molecule has 4 aromatic rings. The smallest absolute Gasteiger partial charge is 0.258 e. The summed E-state index contributed by atoms with van der Waals surface area (Å²) in [5.74, 6) is 0.954. The van der Waals surface area contributed by atoms with E-state index in [2.05, 4.69) is 25.4 Å². The van der Waals surface area contributed by atoms with Gasteiger partial charge in [0.15, 0.2) is 0 Å². The van der Waals surface area contributed by atoms with Gasteiger partial charge in [0, 0.05) is 10.6 Å². The molecule has 124 valence electrons. The molecule has 25 heavy (non-hydrogen) atoms. The highest BCUT2D eigenvalue weighted by Crippen LogP contribution is 2.19. The van der Waals surface area contributed by atoms with Crippen LogP contribution in [-0.2, 0) is 0 Å². The number of benzene rings is 2. The number of rotatable bonds is 3. The number of nitrogens with zero attached hydrogens (tertiary/aromatic N) is 5. The Hall–Kier alpha value is -3.06. The fourth-order valence-electron chi connectivity index (χ4n) is 2.52. The lowest BCUT2D eigenvalue weighted by molar-refractivity contribution is 0.462. The molecular formula is C17H13ClN6O. The topological polar surface area (TPSA) is 89.4 Å². The highest BCUT2D eigenvalue weighted by atomic mass is 35.5. The predicted molar refractivity (Wildman–Crippen MR) is 94.4 cm³/mol. The Labute approximate surface area is 147 Å². The second-order valence-electron chi connectivity index (χ2n) is 5.58. The fraction of sp³-hybridized carbons (Fsp3) is 0.118. The van der Waals surface area contributed by atoms with E-state index in [1.165, 1.54) is 4.80 Å². The van der Waals surface area contributed by atoms with E-state index < -0.39 is 0 Å². The summed E-state index contributed by atoms with van der Waals surface area (Å²) >= 11 is 5.89. The summed E-state index contributed by atoms with van der Waals surface area (Å²) in [7, 11) is 0. The van der Waals surface area contributed by atoms with Gasteiger partial charge in [-0.2, -0.15) is 4.80 Å². The van der Waals surface area contributed by atoms with Gasteiger partial charge in [-0.25, -0.2) is 4.98 Å². The Balaban J connectivity index is 1.71. The third-order valence-corrected chi connectivity index (χ3v) is 4.16. The lowest BCUT2D eigenvalue weighted by Gasteiger charge is -2.09. The van der Waals surface area contributed by atoms with Crippen LogP contribution in [0.3, 0.4) is 0 Å². The molecule has 7 nitrogen and oxygen atoms in total. The molecule has 1 N–H and O–H groups in total. The first kappa shape index (κ1) is 15.5. The van der Waals surface area contributed by atoms with Crippen LogP contribution in [0.4, 0.5) is 0 Å². The van der Waals surface area contributed by atoms with E-state index in [1.54, 1.807) is 30.3 Å². The van der Waals surface area contributed by atoms with Gasteiger partial charge in [0.2, 0.25) is 5.82 Å². The first-order chi connectivity index (χ1) is 12.1. The number of para-hydroxylation sites is 1. The first-order valence-electron chi connectivity index (χ1n) is 7.66. The summed E-state index contributed by atoms with van der Waals surface area (Å²) in [6.07, 6.45) is 0. The maximum absolute atomic E-state index is 12.2. The third-order valence-electron chi connectivity index (χ3n) is 3.90. The van der Waals surface area contributed by atoms with Crippen molar-refractivity contribution in [2.75, 3.05) is 0 Å². The number of aromatic nitrogens is 6. The van der Waals surface area contributed by atoms with Gasteiger partial charge in [0.05, 0.1) is 10.9 Å². The monoisotopic (exact) mass is 352 g/mol. The van der Waals surface area contributed by atoms with Crippen molar-refractivity contribution >= 4 is 22.5 Å². The standard InChI is InChI=1S/C17H13ClN6O/c1-10(15-19-14-5-3-2-4-13(14)17(25)20-15)24-22-16(21-23-24)11-6-8-12(18)9-7-11/h2-10H,1H3,(H,19,20,25)/t10-/m0/s1. The second-order valence-corrected chi connectivity index (χ2v) is 6.02. The SMILES string of the molecule is C[C@@H](c1nc2ccccc2c(=O)[nH]1)n1nnc(-c2ccc(Cl)cc2)n1. The lowest BCUT2D eigenvalue weighted by atomic mass is 10.2. The van der Waals surface area contributed by atoms with Crippen LogP contribution in [0.2, 0.25) is 5.02 Å². The highest BCUT2D eigenvalue weighted by molar-refractivity contribution is 6.30. The molecule has 0 fully saturated rings. The van der Waals surface area contributed by atoms with Gasteiger partial charge in [0.1, 0.15) is 11.9 Å². The van der Waals surface area contributed by atoms with Gasteiger partial charge in [-0.3, -0.25) is 4.79 Å². The molecule has 2 aromatic carbocycles. The second kappa shape index (κ2) is 6.10. The van der Waals surface area contributed by atoms with Gasteiger partial charge in [-0.05, 0) is 48.5 Å². The van der Waals surface area contributed by atoms with Crippen molar-refractivity contribution in [3.8, 4) is 11.4 Å². The molecular weight excluding hydrogens is 340 g/mol. The number of nitrogens with one attached hydrogen (secondary N) is 1. The minimum absolute atomic E-state index is 0.189. The number of tetrazole rings is 1. The van der Waals surface area contributed by atoms with Crippen LogP contribution in [0.15, 0.2) is 53.3 Å².